The quantitative estimate of drug-likeness (QED) is 0.562. The summed E-state index contributed by atoms with van der Waals surface area (Å²) in [6, 6.07) is 0. The van der Waals surface area contributed by atoms with Gasteiger partial charge in [0.05, 0.1) is 12.5 Å². The summed E-state index contributed by atoms with van der Waals surface area (Å²) in [5.74, 6) is -1.45. The largest absolute Gasteiger partial charge is 0.466 e. The highest BCUT2D eigenvalue weighted by atomic mass is 35.5. The Hall–Kier alpha value is -0.840. The van der Waals surface area contributed by atoms with Crippen LogP contribution >= 0.6 is 11.6 Å². The molecule has 0 radical (unpaired) electrons. The van der Waals surface area contributed by atoms with E-state index in [4.69, 9.17) is 16.3 Å². The zero-order valence-corrected chi connectivity index (χ0v) is 9.87. The molecule has 0 bridgehead atoms. The van der Waals surface area contributed by atoms with E-state index in [-0.39, 0.29) is 18.4 Å². The van der Waals surface area contributed by atoms with Crippen molar-refractivity contribution in [1.29, 1.82) is 0 Å². The number of alkyl halides is 2. The first-order valence-corrected chi connectivity index (χ1v) is 5.73. The molecular formula is C10H15ClFNO3. The Kier molecular flexibility index (Phi) is 4.99. The van der Waals surface area contributed by atoms with Crippen LogP contribution in [0, 0.1) is 5.92 Å². The van der Waals surface area contributed by atoms with Crippen molar-refractivity contribution < 1.29 is 18.7 Å². The zero-order valence-electron chi connectivity index (χ0n) is 9.12. The number of nitrogens with zero attached hydrogens (tertiary/aromatic N) is 1. The second-order valence-corrected chi connectivity index (χ2v) is 4.06. The van der Waals surface area contributed by atoms with Crippen molar-refractivity contribution in [1.82, 2.24) is 4.90 Å². The van der Waals surface area contributed by atoms with Crippen molar-refractivity contribution in [3.05, 3.63) is 0 Å². The zero-order chi connectivity index (χ0) is 12.1. The Balaban J connectivity index is 2.53. The Morgan fingerprint density at radius 2 is 2.31 bits per heavy atom. The lowest BCUT2D eigenvalue weighted by Crippen LogP contribution is -2.44. The average Bonchev–Trinajstić information content (AvgIpc) is 2.28. The minimum absolute atomic E-state index is 0.199. The van der Waals surface area contributed by atoms with Crippen molar-refractivity contribution >= 4 is 23.5 Å². The maximum Gasteiger partial charge on any atom is 0.310 e. The number of piperidine rings is 1. The van der Waals surface area contributed by atoms with E-state index in [9.17, 15) is 14.0 Å². The van der Waals surface area contributed by atoms with Gasteiger partial charge in [-0.2, -0.15) is 0 Å². The van der Waals surface area contributed by atoms with Gasteiger partial charge in [0.2, 0.25) is 0 Å². The number of likely N-dealkylation sites (tertiary alicyclic amines) is 1. The Morgan fingerprint density at radius 1 is 1.62 bits per heavy atom. The van der Waals surface area contributed by atoms with E-state index in [1.165, 1.54) is 4.90 Å². The van der Waals surface area contributed by atoms with Gasteiger partial charge in [-0.1, -0.05) is 11.6 Å². The number of rotatable bonds is 3. The van der Waals surface area contributed by atoms with E-state index in [2.05, 4.69) is 0 Å². The van der Waals surface area contributed by atoms with Crippen LogP contribution in [0.15, 0.2) is 0 Å². The summed E-state index contributed by atoms with van der Waals surface area (Å²) in [6.07, 6.45) is 1.33. The van der Waals surface area contributed by atoms with Crippen molar-refractivity contribution in [3.8, 4) is 0 Å². The summed E-state index contributed by atoms with van der Waals surface area (Å²) in [4.78, 5) is 24.0. The van der Waals surface area contributed by atoms with Crippen LogP contribution in [-0.2, 0) is 14.3 Å². The molecule has 0 aliphatic carbocycles. The highest BCUT2D eigenvalue weighted by Crippen LogP contribution is 2.19. The molecule has 0 aromatic heterocycles. The molecule has 1 aliphatic rings. The fourth-order valence-corrected chi connectivity index (χ4v) is 1.91. The molecule has 1 fully saturated rings. The van der Waals surface area contributed by atoms with Gasteiger partial charge in [0, 0.05) is 13.1 Å². The van der Waals surface area contributed by atoms with E-state index in [0.29, 0.717) is 26.0 Å². The Labute approximate surface area is 98.7 Å². The molecule has 2 atom stereocenters. The predicted molar refractivity (Wildman–Crippen MR) is 56.7 cm³/mol. The minimum Gasteiger partial charge on any atom is -0.466 e. The number of esters is 1. The van der Waals surface area contributed by atoms with Gasteiger partial charge in [-0.25, -0.2) is 4.39 Å². The van der Waals surface area contributed by atoms with Gasteiger partial charge in [0.15, 0.2) is 0 Å². The molecule has 92 valence electrons. The number of hydrogen-bond donors (Lipinski definition) is 0. The Bertz CT molecular complexity index is 273. The average molecular weight is 252 g/mol. The predicted octanol–water partition coefficient (Wildman–Crippen LogP) is 1.32. The fourth-order valence-electron chi connectivity index (χ4n) is 1.77. The molecule has 1 heterocycles. The standard InChI is InChI=1S/C10H15ClFNO3/c1-2-16-10(15)7-4-3-5-13(6-7)9(14)8(11)12/h7-8H,2-6H2,1H3. The van der Waals surface area contributed by atoms with E-state index >= 15 is 0 Å². The van der Waals surface area contributed by atoms with E-state index in [0.717, 1.165) is 0 Å². The molecule has 0 aromatic rings. The van der Waals surface area contributed by atoms with Crippen molar-refractivity contribution in [2.75, 3.05) is 19.7 Å². The van der Waals surface area contributed by atoms with Crippen LogP contribution in [0.4, 0.5) is 4.39 Å². The highest BCUT2D eigenvalue weighted by molar-refractivity contribution is 6.29. The molecule has 1 rings (SSSR count). The smallest absolute Gasteiger partial charge is 0.310 e. The minimum atomic E-state index is -2.03. The summed E-state index contributed by atoms with van der Waals surface area (Å²) >= 11 is 5.08. The molecule has 4 nitrogen and oxygen atoms in total. The number of halogens is 2. The second-order valence-electron chi connectivity index (χ2n) is 3.68. The molecule has 0 aromatic carbocycles. The summed E-state index contributed by atoms with van der Waals surface area (Å²) in [7, 11) is 0. The van der Waals surface area contributed by atoms with Gasteiger partial charge in [-0.3, -0.25) is 9.59 Å². The maximum absolute atomic E-state index is 12.6. The molecule has 16 heavy (non-hydrogen) atoms. The van der Waals surface area contributed by atoms with Gasteiger partial charge < -0.3 is 9.64 Å². The third-order valence-electron chi connectivity index (χ3n) is 2.54. The van der Waals surface area contributed by atoms with Crippen LogP contribution in [0.5, 0.6) is 0 Å². The monoisotopic (exact) mass is 251 g/mol. The first kappa shape index (κ1) is 13.2. The molecular weight excluding hydrogens is 237 g/mol. The molecule has 0 N–H and O–H groups in total. The molecule has 0 saturated carbocycles. The number of ether oxygens (including phenoxy) is 1. The highest BCUT2D eigenvalue weighted by Gasteiger charge is 2.31. The van der Waals surface area contributed by atoms with Gasteiger partial charge >= 0.3 is 5.97 Å². The number of carbonyl (C=O) groups is 2. The summed E-state index contributed by atoms with van der Waals surface area (Å²) in [5.41, 5.74) is -2.03. The summed E-state index contributed by atoms with van der Waals surface area (Å²) in [5, 5.41) is 0. The Morgan fingerprint density at radius 3 is 2.88 bits per heavy atom. The van der Waals surface area contributed by atoms with Crippen molar-refractivity contribution in [2.45, 2.75) is 25.4 Å². The normalized spacial score (nSPS) is 22.7. The lowest BCUT2D eigenvalue weighted by molar-refractivity contribution is -0.151. The van der Waals surface area contributed by atoms with Crippen LogP contribution in [-0.4, -0.2) is 42.1 Å². The fraction of sp³-hybridized carbons (Fsp3) is 0.800. The summed E-state index contributed by atoms with van der Waals surface area (Å²) in [6.45, 7) is 2.68. The van der Waals surface area contributed by atoms with Crippen LogP contribution in [0.3, 0.4) is 0 Å². The second kappa shape index (κ2) is 6.03. The van der Waals surface area contributed by atoms with Crippen LogP contribution in [0.25, 0.3) is 0 Å². The molecule has 1 saturated heterocycles. The summed E-state index contributed by atoms with van der Waals surface area (Å²) < 4.78 is 17.5. The van der Waals surface area contributed by atoms with Gasteiger partial charge in [0.25, 0.3) is 11.5 Å². The third kappa shape index (κ3) is 3.33. The lowest BCUT2D eigenvalue weighted by atomic mass is 9.98. The lowest BCUT2D eigenvalue weighted by Gasteiger charge is -2.31. The maximum atomic E-state index is 12.6. The number of hydrogen-bond acceptors (Lipinski definition) is 3. The molecule has 1 aliphatic heterocycles. The topological polar surface area (TPSA) is 46.6 Å². The van der Waals surface area contributed by atoms with Gasteiger partial charge in [-0.15, -0.1) is 0 Å². The van der Waals surface area contributed by atoms with Crippen molar-refractivity contribution in [2.24, 2.45) is 5.92 Å². The molecule has 2 unspecified atom stereocenters. The van der Waals surface area contributed by atoms with E-state index in [1.54, 1.807) is 6.92 Å². The van der Waals surface area contributed by atoms with E-state index < -0.39 is 11.5 Å². The molecule has 6 heteroatoms. The molecule has 1 amide bonds. The van der Waals surface area contributed by atoms with Crippen molar-refractivity contribution in [3.63, 3.8) is 0 Å². The molecule has 0 spiro atoms. The first-order valence-electron chi connectivity index (χ1n) is 5.29. The number of carbonyl (C=O) groups excluding carboxylic acids is 2. The number of amides is 1. The third-order valence-corrected chi connectivity index (χ3v) is 2.73. The van der Waals surface area contributed by atoms with Gasteiger partial charge in [-0.05, 0) is 19.8 Å². The van der Waals surface area contributed by atoms with Crippen LogP contribution in [0.1, 0.15) is 19.8 Å². The van der Waals surface area contributed by atoms with E-state index in [1.807, 2.05) is 0 Å². The van der Waals surface area contributed by atoms with Crippen LogP contribution in [0.2, 0.25) is 0 Å². The first-order chi connectivity index (χ1) is 7.56. The van der Waals surface area contributed by atoms with Gasteiger partial charge in [0.1, 0.15) is 0 Å². The SMILES string of the molecule is CCOC(=O)C1CCCN(C(=O)C(F)Cl)C1. The van der Waals surface area contributed by atoms with Crippen LogP contribution < -0.4 is 0 Å².